The second kappa shape index (κ2) is 6.79. The Hall–Kier alpha value is -1.07. The van der Waals surface area contributed by atoms with Crippen molar-refractivity contribution in [3.63, 3.8) is 0 Å². The van der Waals surface area contributed by atoms with E-state index in [1.54, 1.807) is 0 Å². The fourth-order valence-corrected chi connectivity index (χ4v) is 3.89. The summed E-state index contributed by atoms with van der Waals surface area (Å²) < 4.78 is 0. The van der Waals surface area contributed by atoms with Gasteiger partial charge in [-0.15, -0.1) is 0 Å². The largest absolute Gasteiger partial charge is 0.368 e. The topological polar surface area (TPSA) is 67.1 Å². The lowest BCUT2D eigenvalue weighted by Gasteiger charge is -2.36. The zero-order valence-electron chi connectivity index (χ0n) is 12.4. The molecule has 3 heterocycles. The number of halogens is 1. The zero-order valence-corrected chi connectivity index (χ0v) is 13.1. The van der Waals surface area contributed by atoms with Crippen molar-refractivity contribution in [3.05, 3.63) is 11.2 Å². The third-order valence-corrected chi connectivity index (χ3v) is 5.04. The lowest BCUT2D eigenvalue weighted by atomic mass is 9.80. The molecule has 21 heavy (non-hydrogen) atoms. The number of nitrogens with one attached hydrogen (secondary N) is 1. The molecule has 1 aromatic rings. The van der Waals surface area contributed by atoms with E-state index in [4.69, 9.17) is 17.3 Å². The summed E-state index contributed by atoms with van der Waals surface area (Å²) in [5.41, 5.74) is 5.69. The van der Waals surface area contributed by atoms with Crippen LogP contribution < -0.4 is 16.0 Å². The lowest BCUT2D eigenvalue weighted by molar-refractivity contribution is 0.253. The van der Waals surface area contributed by atoms with Gasteiger partial charge < -0.3 is 16.0 Å². The van der Waals surface area contributed by atoms with E-state index in [2.05, 4.69) is 20.2 Å². The quantitative estimate of drug-likeness (QED) is 0.821. The molecule has 0 aromatic carbocycles. The average Bonchev–Trinajstić information content (AvgIpc) is 2.75. The average molecular weight is 310 g/mol. The summed E-state index contributed by atoms with van der Waals surface area (Å²) in [6.45, 7) is 4.46. The van der Waals surface area contributed by atoms with Gasteiger partial charge in [0.15, 0.2) is 0 Å². The van der Waals surface area contributed by atoms with Crippen molar-refractivity contribution in [3.8, 4) is 0 Å². The maximum Gasteiger partial charge on any atom is 0.223 e. The first-order valence-electron chi connectivity index (χ1n) is 7.98. The van der Waals surface area contributed by atoms with Crippen LogP contribution in [0.3, 0.4) is 0 Å². The Morgan fingerprint density at radius 1 is 1.10 bits per heavy atom. The van der Waals surface area contributed by atoms with E-state index in [9.17, 15) is 0 Å². The maximum absolute atomic E-state index is 5.97. The molecule has 116 valence electrons. The van der Waals surface area contributed by atoms with E-state index < -0.39 is 0 Å². The van der Waals surface area contributed by atoms with Crippen molar-refractivity contribution in [1.29, 1.82) is 0 Å². The first kappa shape index (κ1) is 14.9. The molecule has 0 amide bonds. The summed E-state index contributed by atoms with van der Waals surface area (Å²) in [4.78, 5) is 10.5. The SMILES string of the molecule is Nc1nc(Cl)cc(N2CCC(C3CCCNCC3)CC2)n1. The maximum atomic E-state index is 5.97. The van der Waals surface area contributed by atoms with Gasteiger partial charge >= 0.3 is 0 Å². The van der Waals surface area contributed by atoms with Crippen molar-refractivity contribution < 1.29 is 0 Å². The minimum Gasteiger partial charge on any atom is -0.368 e. The Morgan fingerprint density at radius 2 is 1.86 bits per heavy atom. The fourth-order valence-electron chi connectivity index (χ4n) is 3.70. The summed E-state index contributed by atoms with van der Waals surface area (Å²) in [5, 5.41) is 3.93. The highest BCUT2D eigenvalue weighted by Crippen LogP contribution is 2.32. The zero-order chi connectivity index (χ0) is 14.7. The fraction of sp³-hybridized carbons (Fsp3) is 0.733. The summed E-state index contributed by atoms with van der Waals surface area (Å²) in [5.74, 6) is 2.87. The van der Waals surface area contributed by atoms with Crippen LogP contribution in [-0.2, 0) is 0 Å². The molecule has 2 saturated heterocycles. The number of nitrogen functional groups attached to an aromatic ring is 1. The van der Waals surface area contributed by atoms with E-state index in [0.29, 0.717) is 5.15 Å². The van der Waals surface area contributed by atoms with Crippen LogP contribution in [0.2, 0.25) is 5.15 Å². The molecule has 2 aliphatic rings. The van der Waals surface area contributed by atoms with Crippen LogP contribution in [0.5, 0.6) is 0 Å². The summed E-state index contributed by atoms with van der Waals surface area (Å²) in [6.07, 6.45) is 6.52. The minimum absolute atomic E-state index is 0.259. The summed E-state index contributed by atoms with van der Waals surface area (Å²) >= 11 is 5.97. The molecule has 2 fully saturated rings. The first-order valence-corrected chi connectivity index (χ1v) is 8.36. The molecular weight excluding hydrogens is 286 g/mol. The molecule has 5 nitrogen and oxygen atoms in total. The molecule has 0 spiro atoms. The van der Waals surface area contributed by atoms with E-state index >= 15 is 0 Å². The molecular formula is C15H24ClN5. The number of rotatable bonds is 2. The van der Waals surface area contributed by atoms with Gasteiger partial charge in [0.2, 0.25) is 5.95 Å². The van der Waals surface area contributed by atoms with Crippen LogP contribution in [-0.4, -0.2) is 36.1 Å². The van der Waals surface area contributed by atoms with Crippen molar-refractivity contribution in [2.45, 2.75) is 32.1 Å². The highest BCUT2D eigenvalue weighted by molar-refractivity contribution is 6.29. The number of piperidine rings is 1. The predicted octanol–water partition coefficient (Wildman–Crippen LogP) is 2.32. The Bertz CT molecular complexity index is 445. The van der Waals surface area contributed by atoms with E-state index in [1.807, 2.05) is 6.07 Å². The van der Waals surface area contributed by atoms with Gasteiger partial charge in [0, 0.05) is 19.2 Å². The van der Waals surface area contributed by atoms with Crippen LogP contribution in [0.25, 0.3) is 0 Å². The van der Waals surface area contributed by atoms with Crippen LogP contribution >= 0.6 is 11.6 Å². The van der Waals surface area contributed by atoms with E-state index in [-0.39, 0.29) is 5.95 Å². The van der Waals surface area contributed by atoms with Gasteiger partial charge in [0.1, 0.15) is 11.0 Å². The van der Waals surface area contributed by atoms with E-state index in [1.165, 1.54) is 45.2 Å². The van der Waals surface area contributed by atoms with Gasteiger partial charge in [0.05, 0.1) is 0 Å². The molecule has 1 aromatic heterocycles. The number of anilines is 2. The van der Waals surface area contributed by atoms with Crippen molar-refractivity contribution in [2.75, 3.05) is 36.8 Å². The number of nitrogens with zero attached hydrogens (tertiary/aromatic N) is 3. The monoisotopic (exact) mass is 309 g/mol. The Balaban J connectivity index is 1.59. The third kappa shape index (κ3) is 3.77. The van der Waals surface area contributed by atoms with Gasteiger partial charge in [-0.25, -0.2) is 4.98 Å². The molecule has 0 radical (unpaired) electrons. The second-order valence-corrected chi connectivity index (χ2v) is 6.56. The highest BCUT2D eigenvalue weighted by Gasteiger charge is 2.27. The minimum atomic E-state index is 0.259. The molecule has 6 heteroatoms. The summed E-state index contributed by atoms with van der Waals surface area (Å²) in [7, 11) is 0. The molecule has 3 rings (SSSR count). The number of hydrogen-bond donors (Lipinski definition) is 2. The highest BCUT2D eigenvalue weighted by atomic mass is 35.5. The number of nitrogens with two attached hydrogens (primary N) is 1. The summed E-state index contributed by atoms with van der Waals surface area (Å²) in [6, 6.07) is 1.81. The molecule has 0 bridgehead atoms. The molecule has 1 atom stereocenters. The van der Waals surface area contributed by atoms with Gasteiger partial charge in [-0.2, -0.15) is 4.98 Å². The molecule has 1 unspecified atom stereocenters. The molecule has 3 N–H and O–H groups in total. The van der Waals surface area contributed by atoms with Gasteiger partial charge in [-0.3, -0.25) is 0 Å². The Morgan fingerprint density at radius 3 is 2.62 bits per heavy atom. The molecule has 0 aliphatic carbocycles. The van der Waals surface area contributed by atoms with Gasteiger partial charge in [0.25, 0.3) is 0 Å². The Kier molecular flexibility index (Phi) is 4.80. The van der Waals surface area contributed by atoms with Crippen molar-refractivity contribution in [2.24, 2.45) is 11.8 Å². The van der Waals surface area contributed by atoms with E-state index in [0.717, 1.165) is 30.7 Å². The Labute approximate surface area is 131 Å². The van der Waals surface area contributed by atoms with Crippen LogP contribution in [0.1, 0.15) is 32.1 Å². The van der Waals surface area contributed by atoms with Crippen LogP contribution in [0.15, 0.2) is 6.07 Å². The number of aromatic nitrogens is 2. The second-order valence-electron chi connectivity index (χ2n) is 6.17. The standard InChI is InChI=1S/C15H24ClN5/c16-13-10-14(20-15(17)19-13)21-8-4-12(5-9-21)11-2-1-6-18-7-3-11/h10-12,18H,1-9H2,(H2,17,19,20). The molecule has 0 saturated carbocycles. The van der Waals surface area contributed by atoms with Crippen LogP contribution in [0, 0.1) is 11.8 Å². The first-order chi connectivity index (χ1) is 10.2. The van der Waals surface area contributed by atoms with Crippen molar-refractivity contribution >= 4 is 23.4 Å². The van der Waals surface area contributed by atoms with Gasteiger partial charge in [-0.05, 0) is 57.0 Å². The van der Waals surface area contributed by atoms with Crippen molar-refractivity contribution in [1.82, 2.24) is 15.3 Å². The third-order valence-electron chi connectivity index (χ3n) is 4.85. The smallest absolute Gasteiger partial charge is 0.223 e. The number of hydrogen-bond acceptors (Lipinski definition) is 5. The molecule has 2 aliphatic heterocycles. The lowest BCUT2D eigenvalue weighted by Crippen LogP contribution is -2.37. The van der Waals surface area contributed by atoms with Gasteiger partial charge in [-0.1, -0.05) is 11.6 Å². The normalized spacial score (nSPS) is 24.8. The van der Waals surface area contributed by atoms with Crippen LogP contribution in [0.4, 0.5) is 11.8 Å². The predicted molar refractivity (Wildman–Crippen MR) is 86.6 cm³/mol.